The molecule has 0 aliphatic heterocycles. The van der Waals surface area contributed by atoms with Gasteiger partial charge in [0.1, 0.15) is 11.3 Å². The normalized spacial score (nSPS) is 11.9. The number of nitrogens with zero attached hydrogens (tertiary/aromatic N) is 2. The zero-order valence-corrected chi connectivity index (χ0v) is 26.3. The number of hydrogen-bond donors (Lipinski definition) is 4. The minimum atomic E-state index is -3.71. The third-order valence-corrected chi connectivity index (χ3v) is 7.89. The summed E-state index contributed by atoms with van der Waals surface area (Å²) in [7, 11) is -2.19. The Morgan fingerprint density at radius 2 is 1.73 bits per heavy atom. The minimum absolute atomic E-state index is 0.145. The largest absolute Gasteiger partial charge is 0.455 e. The number of anilines is 2. The van der Waals surface area contributed by atoms with Crippen LogP contribution in [0.5, 0.6) is 0 Å². The van der Waals surface area contributed by atoms with Crippen molar-refractivity contribution in [2.75, 3.05) is 29.6 Å². The maximum Gasteiger partial charge on any atom is 0.255 e. The van der Waals surface area contributed by atoms with Gasteiger partial charge in [0.15, 0.2) is 0 Å². The Hall–Kier alpha value is -4.97. The maximum atomic E-state index is 13.3. The molecule has 0 spiro atoms. The first-order chi connectivity index (χ1) is 20.8. The highest BCUT2D eigenvalue weighted by molar-refractivity contribution is 7.92. The summed E-state index contributed by atoms with van der Waals surface area (Å²) >= 11 is 0. The first-order valence-corrected chi connectivity index (χ1v) is 15.7. The molecule has 0 radical (unpaired) electrons. The van der Waals surface area contributed by atoms with Gasteiger partial charge >= 0.3 is 0 Å². The number of fused-ring (bicyclic) bond motifs is 1. The maximum absolute atomic E-state index is 13.3. The number of hydrogen-bond acceptors (Lipinski definition) is 8. The van der Waals surface area contributed by atoms with Gasteiger partial charge in [0.2, 0.25) is 10.0 Å². The molecule has 0 saturated carbocycles. The second-order valence-corrected chi connectivity index (χ2v) is 13.0. The van der Waals surface area contributed by atoms with Crippen molar-refractivity contribution in [3.8, 4) is 22.5 Å². The van der Waals surface area contributed by atoms with E-state index in [1.165, 1.54) is 17.6 Å². The van der Waals surface area contributed by atoms with Crippen LogP contribution in [0.1, 0.15) is 48.4 Å². The predicted molar refractivity (Wildman–Crippen MR) is 176 cm³/mol. The van der Waals surface area contributed by atoms with Gasteiger partial charge in [0.25, 0.3) is 11.8 Å². The van der Waals surface area contributed by atoms with Crippen LogP contribution in [0.2, 0.25) is 0 Å². The van der Waals surface area contributed by atoms with Gasteiger partial charge in [-0.1, -0.05) is 12.1 Å². The van der Waals surface area contributed by atoms with Crippen molar-refractivity contribution in [3.63, 3.8) is 0 Å². The second-order valence-electron chi connectivity index (χ2n) is 11.1. The molecule has 0 aliphatic carbocycles. The summed E-state index contributed by atoms with van der Waals surface area (Å²) in [5.41, 5.74) is 6.09. The molecule has 1 aromatic heterocycles. The standard InChI is InChI=1S/C32H36N6O5S/c1-7-38(44(6,41)42)26-19-27-25(18-24(26)21-9-8-10-22(17-21)30(39)36-32(2,3)4)28(31(40)34-5)29(43-27)20-11-13-23(14-12-20)37-35-16-15-33/h8-19,33,37H,7H2,1-6H3,(H,34,40)(H,36,39)/b33-15?,35-16-. The van der Waals surface area contributed by atoms with E-state index < -0.39 is 15.6 Å². The number of sulfonamides is 1. The van der Waals surface area contributed by atoms with E-state index in [0.717, 1.165) is 12.5 Å². The lowest BCUT2D eigenvalue weighted by molar-refractivity contribution is 0.0918. The minimum Gasteiger partial charge on any atom is -0.455 e. The number of nitrogens with one attached hydrogen (secondary N) is 4. The summed E-state index contributed by atoms with van der Waals surface area (Å²) < 4.78 is 33.4. The summed E-state index contributed by atoms with van der Waals surface area (Å²) in [6.07, 6.45) is 3.48. The average Bonchev–Trinajstić information content (AvgIpc) is 3.34. The third-order valence-electron chi connectivity index (χ3n) is 6.63. The molecule has 0 unspecified atom stereocenters. The molecule has 0 saturated heterocycles. The number of carbonyl (C=O) groups is 2. The molecule has 12 heteroatoms. The number of amides is 2. The van der Waals surface area contributed by atoms with Crippen molar-refractivity contribution in [2.45, 2.75) is 33.2 Å². The zero-order valence-electron chi connectivity index (χ0n) is 25.5. The van der Waals surface area contributed by atoms with Gasteiger partial charge in [-0.15, -0.1) is 0 Å². The lowest BCUT2D eigenvalue weighted by Crippen LogP contribution is -2.40. The molecule has 0 aliphatic rings. The molecule has 0 fully saturated rings. The van der Waals surface area contributed by atoms with Crippen LogP contribution < -0.4 is 20.4 Å². The molecule has 0 bridgehead atoms. The summed E-state index contributed by atoms with van der Waals surface area (Å²) in [4.78, 5) is 26.3. The summed E-state index contributed by atoms with van der Waals surface area (Å²) in [6, 6.07) is 17.3. The van der Waals surface area contributed by atoms with Gasteiger partial charge in [-0.05, 0) is 75.7 Å². The first kappa shape index (κ1) is 32.0. The highest BCUT2D eigenvalue weighted by atomic mass is 32.2. The lowest BCUT2D eigenvalue weighted by atomic mass is 9.97. The third kappa shape index (κ3) is 6.97. The van der Waals surface area contributed by atoms with Gasteiger partial charge in [0, 0.05) is 53.5 Å². The van der Waals surface area contributed by atoms with Crippen molar-refractivity contribution in [3.05, 3.63) is 71.8 Å². The van der Waals surface area contributed by atoms with Crippen LogP contribution in [0.15, 0.2) is 70.2 Å². The fourth-order valence-corrected chi connectivity index (χ4v) is 5.77. The van der Waals surface area contributed by atoms with Crippen LogP contribution in [0.4, 0.5) is 11.4 Å². The van der Waals surface area contributed by atoms with Crippen molar-refractivity contribution >= 4 is 56.6 Å². The zero-order chi connectivity index (χ0) is 32.2. The monoisotopic (exact) mass is 616 g/mol. The summed E-state index contributed by atoms with van der Waals surface area (Å²) in [5.74, 6) is -0.350. The number of benzene rings is 3. The SMILES string of the molecule is CCN(c1cc2oc(-c3ccc(N/N=C\C=N)cc3)c(C(=O)NC)c2cc1-c1cccc(C(=O)NC(C)(C)C)c1)S(C)(=O)=O. The molecule has 0 atom stereocenters. The molecule has 4 aromatic rings. The van der Waals surface area contributed by atoms with Crippen LogP contribution in [0, 0.1) is 5.41 Å². The van der Waals surface area contributed by atoms with Gasteiger partial charge in [0.05, 0.1) is 29.4 Å². The van der Waals surface area contributed by atoms with E-state index in [2.05, 4.69) is 21.2 Å². The van der Waals surface area contributed by atoms with E-state index in [0.29, 0.717) is 50.4 Å². The second kappa shape index (κ2) is 12.7. The first-order valence-electron chi connectivity index (χ1n) is 13.9. The van der Waals surface area contributed by atoms with E-state index in [1.807, 2.05) is 20.8 Å². The van der Waals surface area contributed by atoms with Crippen molar-refractivity contribution < 1.29 is 22.4 Å². The van der Waals surface area contributed by atoms with Gasteiger partial charge < -0.3 is 20.5 Å². The fraction of sp³-hybridized carbons (Fsp3) is 0.250. The molecule has 2 amide bonds. The highest BCUT2D eigenvalue weighted by Crippen LogP contribution is 2.42. The Morgan fingerprint density at radius 3 is 2.32 bits per heavy atom. The number of carbonyl (C=O) groups excluding carboxylic acids is 2. The fourth-order valence-electron chi connectivity index (χ4n) is 4.79. The molecular weight excluding hydrogens is 580 g/mol. The molecular formula is C32H36N6O5S. The van der Waals surface area contributed by atoms with Crippen molar-refractivity contribution in [1.29, 1.82) is 5.41 Å². The van der Waals surface area contributed by atoms with Gasteiger partial charge in [-0.3, -0.25) is 19.3 Å². The van der Waals surface area contributed by atoms with Crippen LogP contribution in [-0.4, -0.2) is 58.0 Å². The highest BCUT2D eigenvalue weighted by Gasteiger charge is 2.27. The van der Waals surface area contributed by atoms with E-state index in [1.54, 1.807) is 67.6 Å². The van der Waals surface area contributed by atoms with E-state index in [-0.39, 0.29) is 23.9 Å². The topological polar surface area (TPSA) is 157 Å². The molecule has 3 aromatic carbocycles. The number of furan rings is 1. The number of hydrazone groups is 1. The molecule has 4 N–H and O–H groups in total. The van der Waals surface area contributed by atoms with Crippen molar-refractivity contribution in [1.82, 2.24) is 10.6 Å². The molecule has 230 valence electrons. The van der Waals surface area contributed by atoms with Crippen LogP contribution in [-0.2, 0) is 10.0 Å². The van der Waals surface area contributed by atoms with E-state index >= 15 is 0 Å². The van der Waals surface area contributed by atoms with Crippen molar-refractivity contribution in [2.24, 2.45) is 5.10 Å². The number of rotatable bonds is 10. The molecule has 11 nitrogen and oxygen atoms in total. The lowest BCUT2D eigenvalue weighted by Gasteiger charge is -2.24. The van der Waals surface area contributed by atoms with Crippen LogP contribution in [0.25, 0.3) is 33.4 Å². The Morgan fingerprint density at radius 1 is 1.02 bits per heavy atom. The Balaban J connectivity index is 1.97. The van der Waals surface area contributed by atoms with Gasteiger partial charge in [-0.25, -0.2) is 8.42 Å². The quantitative estimate of drug-likeness (QED) is 0.136. The Bertz CT molecular complexity index is 1850. The van der Waals surface area contributed by atoms with E-state index in [4.69, 9.17) is 9.83 Å². The Kier molecular flexibility index (Phi) is 9.24. The summed E-state index contributed by atoms with van der Waals surface area (Å²) in [5, 5.41) is 17.1. The molecule has 1 heterocycles. The predicted octanol–water partition coefficient (Wildman–Crippen LogP) is 5.49. The average molecular weight is 617 g/mol. The van der Waals surface area contributed by atoms with Crippen LogP contribution >= 0.6 is 0 Å². The van der Waals surface area contributed by atoms with Gasteiger partial charge in [-0.2, -0.15) is 5.10 Å². The Labute approximate surface area is 256 Å². The van der Waals surface area contributed by atoms with Crippen LogP contribution in [0.3, 0.4) is 0 Å². The summed E-state index contributed by atoms with van der Waals surface area (Å²) in [6.45, 7) is 7.54. The molecule has 4 rings (SSSR count). The smallest absolute Gasteiger partial charge is 0.255 e. The van der Waals surface area contributed by atoms with E-state index in [9.17, 15) is 18.0 Å². The molecule has 44 heavy (non-hydrogen) atoms.